The number of pyridine rings is 1. The molecule has 0 bridgehead atoms. The Kier molecular flexibility index (Phi) is 4.20. The highest BCUT2D eigenvalue weighted by Crippen LogP contribution is 2.20. The normalized spacial score (nSPS) is 24.1. The second-order valence-corrected chi connectivity index (χ2v) is 5.72. The molecular weight excluding hydrogens is 272 g/mol. The summed E-state index contributed by atoms with van der Waals surface area (Å²) in [6.45, 7) is 4.83. The SMILES string of the molecule is CC1CN(Cc2cccc3cccnc23)CC(CCl)O1. The average Bonchev–Trinajstić information content (AvgIpc) is 2.47. The van der Waals surface area contributed by atoms with Gasteiger partial charge in [0.05, 0.1) is 17.7 Å². The Balaban J connectivity index is 1.82. The summed E-state index contributed by atoms with van der Waals surface area (Å²) in [5.74, 6) is 0.550. The molecule has 0 saturated carbocycles. The Morgan fingerprint density at radius 3 is 3.00 bits per heavy atom. The van der Waals surface area contributed by atoms with Crippen LogP contribution in [-0.2, 0) is 11.3 Å². The van der Waals surface area contributed by atoms with Gasteiger partial charge in [0.2, 0.25) is 0 Å². The largest absolute Gasteiger partial charge is 0.371 e. The molecule has 0 aliphatic carbocycles. The van der Waals surface area contributed by atoms with Gasteiger partial charge in [-0.2, -0.15) is 0 Å². The van der Waals surface area contributed by atoms with Crippen molar-refractivity contribution in [2.45, 2.75) is 25.7 Å². The van der Waals surface area contributed by atoms with Crippen LogP contribution in [0.1, 0.15) is 12.5 Å². The van der Waals surface area contributed by atoms with Gasteiger partial charge in [-0.25, -0.2) is 0 Å². The number of alkyl halides is 1. The molecule has 0 amide bonds. The molecule has 3 rings (SSSR count). The van der Waals surface area contributed by atoms with Gasteiger partial charge in [-0.1, -0.05) is 24.3 Å². The lowest BCUT2D eigenvalue weighted by atomic mass is 10.1. The maximum absolute atomic E-state index is 5.94. The zero-order valence-corrected chi connectivity index (χ0v) is 12.4. The number of para-hydroxylation sites is 1. The molecule has 0 spiro atoms. The number of halogens is 1. The van der Waals surface area contributed by atoms with E-state index in [1.165, 1.54) is 10.9 Å². The molecule has 1 aliphatic rings. The first-order valence-electron chi connectivity index (χ1n) is 7.02. The molecule has 1 aliphatic heterocycles. The van der Waals surface area contributed by atoms with Crippen LogP contribution in [0.15, 0.2) is 36.5 Å². The van der Waals surface area contributed by atoms with Gasteiger partial charge in [0, 0.05) is 37.1 Å². The van der Waals surface area contributed by atoms with Gasteiger partial charge in [-0.15, -0.1) is 11.6 Å². The van der Waals surface area contributed by atoms with E-state index in [2.05, 4.69) is 41.1 Å². The summed E-state index contributed by atoms with van der Waals surface area (Å²) in [4.78, 5) is 6.93. The lowest BCUT2D eigenvalue weighted by Gasteiger charge is -2.36. The molecule has 1 fully saturated rings. The molecule has 20 heavy (non-hydrogen) atoms. The van der Waals surface area contributed by atoms with Crippen LogP contribution < -0.4 is 0 Å². The summed E-state index contributed by atoms with van der Waals surface area (Å²) in [5, 5.41) is 1.19. The highest BCUT2D eigenvalue weighted by atomic mass is 35.5. The van der Waals surface area contributed by atoms with Crippen LogP contribution in [0.3, 0.4) is 0 Å². The molecule has 1 aromatic carbocycles. The van der Waals surface area contributed by atoms with Gasteiger partial charge in [0.25, 0.3) is 0 Å². The maximum Gasteiger partial charge on any atom is 0.0841 e. The minimum Gasteiger partial charge on any atom is -0.371 e. The van der Waals surface area contributed by atoms with Crippen molar-refractivity contribution in [3.05, 3.63) is 42.1 Å². The third kappa shape index (κ3) is 2.95. The molecule has 2 heterocycles. The highest BCUT2D eigenvalue weighted by Gasteiger charge is 2.24. The molecule has 106 valence electrons. The number of fused-ring (bicyclic) bond motifs is 1. The van der Waals surface area contributed by atoms with Crippen molar-refractivity contribution in [3.63, 3.8) is 0 Å². The predicted molar refractivity (Wildman–Crippen MR) is 82.1 cm³/mol. The standard InChI is InChI=1S/C16H19ClN2O/c1-12-9-19(11-15(8-17)20-12)10-14-5-2-4-13-6-3-7-18-16(13)14/h2-7,12,15H,8-11H2,1H3. The fraction of sp³-hybridized carbons (Fsp3) is 0.438. The average molecular weight is 291 g/mol. The van der Waals surface area contributed by atoms with Crippen LogP contribution in [0.25, 0.3) is 10.9 Å². The Hall–Kier alpha value is -1.16. The fourth-order valence-electron chi connectivity index (χ4n) is 2.89. The smallest absolute Gasteiger partial charge is 0.0841 e. The van der Waals surface area contributed by atoms with E-state index in [1.807, 2.05) is 12.3 Å². The minimum absolute atomic E-state index is 0.128. The first-order chi connectivity index (χ1) is 9.76. The second kappa shape index (κ2) is 6.08. The van der Waals surface area contributed by atoms with Gasteiger partial charge in [-0.3, -0.25) is 9.88 Å². The first kappa shape index (κ1) is 13.8. The number of benzene rings is 1. The molecule has 2 unspecified atom stereocenters. The molecule has 0 N–H and O–H groups in total. The molecular formula is C16H19ClN2O. The van der Waals surface area contributed by atoms with Gasteiger partial charge < -0.3 is 4.74 Å². The second-order valence-electron chi connectivity index (χ2n) is 5.41. The third-order valence-electron chi connectivity index (χ3n) is 3.68. The number of hydrogen-bond donors (Lipinski definition) is 0. The van der Waals surface area contributed by atoms with Crippen LogP contribution in [0.2, 0.25) is 0 Å². The van der Waals surface area contributed by atoms with E-state index in [0.29, 0.717) is 5.88 Å². The molecule has 2 atom stereocenters. The summed E-state index contributed by atoms with van der Waals surface area (Å²) in [6.07, 6.45) is 2.22. The summed E-state index contributed by atoms with van der Waals surface area (Å²) < 4.78 is 5.80. The van der Waals surface area contributed by atoms with Crippen molar-refractivity contribution in [2.75, 3.05) is 19.0 Å². The zero-order valence-electron chi connectivity index (χ0n) is 11.6. The van der Waals surface area contributed by atoms with Crippen molar-refractivity contribution in [1.82, 2.24) is 9.88 Å². The summed E-state index contributed by atoms with van der Waals surface area (Å²) in [6, 6.07) is 10.4. The summed E-state index contributed by atoms with van der Waals surface area (Å²) >= 11 is 5.94. The van der Waals surface area contributed by atoms with Crippen molar-refractivity contribution in [2.24, 2.45) is 0 Å². The van der Waals surface area contributed by atoms with Crippen LogP contribution in [0, 0.1) is 0 Å². The third-order valence-corrected chi connectivity index (χ3v) is 4.03. The quantitative estimate of drug-likeness (QED) is 0.813. The monoisotopic (exact) mass is 290 g/mol. The Morgan fingerprint density at radius 1 is 1.30 bits per heavy atom. The van der Waals surface area contributed by atoms with Gasteiger partial charge >= 0.3 is 0 Å². The van der Waals surface area contributed by atoms with Crippen LogP contribution >= 0.6 is 11.6 Å². The molecule has 4 heteroatoms. The van der Waals surface area contributed by atoms with Crippen molar-refractivity contribution < 1.29 is 4.74 Å². The van der Waals surface area contributed by atoms with Crippen LogP contribution in [0.4, 0.5) is 0 Å². The summed E-state index contributed by atoms with van der Waals surface area (Å²) in [7, 11) is 0. The minimum atomic E-state index is 0.128. The van der Waals surface area contributed by atoms with Gasteiger partial charge in [0.15, 0.2) is 0 Å². The number of morpholine rings is 1. The highest BCUT2D eigenvalue weighted by molar-refractivity contribution is 6.18. The van der Waals surface area contributed by atoms with Crippen molar-refractivity contribution in [3.8, 4) is 0 Å². The lowest BCUT2D eigenvalue weighted by molar-refractivity contribution is -0.0688. The Bertz CT molecular complexity index is 584. The maximum atomic E-state index is 5.94. The topological polar surface area (TPSA) is 25.4 Å². The van der Waals surface area contributed by atoms with E-state index < -0.39 is 0 Å². The number of hydrogen-bond acceptors (Lipinski definition) is 3. The fourth-order valence-corrected chi connectivity index (χ4v) is 3.06. The van der Waals surface area contributed by atoms with Gasteiger partial charge in [0.1, 0.15) is 0 Å². The predicted octanol–water partition coefficient (Wildman–Crippen LogP) is 3.06. The molecule has 1 aromatic heterocycles. The summed E-state index contributed by atoms with van der Waals surface area (Å²) in [5.41, 5.74) is 2.36. The van der Waals surface area contributed by atoms with E-state index in [1.54, 1.807) is 0 Å². The molecule has 0 radical (unpaired) electrons. The van der Waals surface area contributed by atoms with Crippen LogP contribution in [-0.4, -0.2) is 41.1 Å². The van der Waals surface area contributed by atoms with E-state index in [4.69, 9.17) is 16.3 Å². The lowest BCUT2D eigenvalue weighted by Crippen LogP contribution is -2.46. The Morgan fingerprint density at radius 2 is 2.15 bits per heavy atom. The van der Waals surface area contributed by atoms with E-state index in [-0.39, 0.29) is 12.2 Å². The number of rotatable bonds is 3. The van der Waals surface area contributed by atoms with E-state index in [9.17, 15) is 0 Å². The molecule has 2 aromatic rings. The van der Waals surface area contributed by atoms with E-state index >= 15 is 0 Å². The number of aromatic nitrogens is 1. The first-order valence-corrected chi connectivity index (χ1v) is 7.56. The number of nitrogens with zero attached hydrogens (tertiary/aromatic N) is 2. The molecule has 3 nitrogen and oxygen atoms in total. The Labute approximate surface area is 124 Å². The van der Waals surface area contributed by atoms with Gasteiger partial charge in [-0.05, 0) is 18.6 Å². The zero-order chi connectivity index (χ0) is 13.9. The number of ether oxygens (including phenoxy) is 1. The van der Waals surface area contributed by atoms with Crippen molar-refractivity contribution in [1.29, 1.82) is 0 Å². The van der Waals surface area contributed by atoms with Crippen molar-refractivity contribution >= 4 is 22.5 Å². The molecule has 1 saturated heterocycles. The van der Waals surface area contributed by atoms with E-state index in [0.717, 1.165) is 25.2 Å². The van der Waals surface area contributed by atoms with Crippen LogP contribution in [0.5, 0.6) is 0 Å².